The second-order valence-electron chi connectivity index (χ2n) is 4.37. The van der Waals surface area contributed by atoms with Crippen LogP contribution in [-0.4, -0.2) is 36.8 Å². The van der Waals surface area contributed by atoms with E-state index in [-0.39, 0.29) is 11.6 Å². The predicted molar refractivity (Wildman–Crippen MR) is 71.6 cm³/mol. The highest BCUT2D eigenvalue weighted by atomic mass is 16.6. The molecule has 0 aliphatic rings. The largest absolute Gasteiger partial charge is 0.475 e. The number of rotatable bonds is 8. The van der Waals surface area contributed by atoms with E-state index in [0.29, 0.717) is 31.6 Å². The van der Waals surface area contributed by atoms with Crippen LogP contribution in [0.15, 0.2) is 12.1 Å². The maximum Gasteiger partial charge on any atom is 0.278 e. The molecule has 1 aromatic heterocycles. The van der Waals surface area contributed by atoms with Gasteiger partial charge in [-0.15, -0.1) is 0 Å². The van der Waals surface area contributed by atoms with E-state index in [1.165, 1.54) is 12.1 Å². The van der Waals surface area contributed by atoms with Crippen LogP contribution >= 0.6 is 0 Å². The number of pyridine rings is 1. The lowest BCUT2D eigenvalue weighted by atomic mass is 10.2. The maximum atomic E-state index is 10.7. The molecule has 1 rings (SSSR count). The summed E-state index contributed by atoms with van der Waals surface area (Å²) in [6, 6.07) is 2.64. The van der Waals surface area contributed by atoms with E-state index in [9.17, 15) is 10.1 Å². The van der Waals surface area contributed by atoms with Crippen LogP contribution in [0.4, 0.5) is 11.5 Å². The molecule has 0 aliphatic carbocycles. The SMILES string of the molecule is CNc1cc([N+](=O)[O-])cc(OCCOCC(C)C)n1. The quantitative estimate of drug-likeness (QED) is 0.441. The van der Waals surface area contributed by atoms with Crippen molar-refractivity contribution < 1.29 is 14.4 Å². The lowest BCUT2D eigenvalue weighted by Gasteiger charge is -2.09. The van der Waals surface area contributed by atoms with Gasteiger partial charge in [0.1, 0.15) is 12.4 Å². The van der Waals surface area contributed by atoms with E-state index in [2.05, 4.69) is 24.1 Å². The third-order valence-corrected chi connectivity index (χ3v) is 2.18. The first-order valence-corrected chi connectivity index (χ1v) is 6.07. The summed E-state index contributed by atoms with van der Waals surface area (Å²) < 4.78 is 10.7. The summed E-state index contributed by atoms with van der Waals surface area (Å²) in [6.07, 6.45) is 0. The van der Waals surface area contributed by atoms with Gasteiger partial charge in [-0.25, -0.2) is 0 Å². The van der Waals surface area contributed by atoms with Crippen molar-refractivity contribution in [3.63, 3.8) is 0 Å². The fourth-order valence-corrected chi connectivity index (χ4v) is 1.32. The van der Waals surface area contributed by atoms with Gasteiger partial charge in [0.2, 0.25) is 5.88 Å². The van der Waals surface area contributed by atoms with Gasteiger partial charge in [-0.1, -0.05) is 13.8 Å². The summed E-state index contributed by atoms with van der Waals surface area (Å²) in [5.41, 5.74) is -0.0579. The van der Waals surface area contributed by atoms with Crippen molar-refractivity contribution in [1.82, 2.24) is 4.98 Å². The topological polar surface area (TPSA) is 86.5 Å². The Balaban J connectivity index is 2.53. The number of aromatic nitrogens is 1. The fourth-order valence-electron chi connectivity index (χ4n) is 1.32. The summed E-state index contributed by atoms with van der Waals surface area (Å²) in [5.74, 6) is 1.07. The van der Waals surface area contributed by atoms with Crippen molar-refractivity contribution >= 4 is 11.5 Å². The van der Waals surface area contributed by atoms with Gasteiger partial charge in [-0.2, -0.15) is 4.98 Å². The third-order valence-electron chi connectivity index (χ3n) is 2.18. The lowest BCUT2D eigenvalue weighted by Crippen LogP contribution is -2.11. The molecular formula is C12H19N3O4. The Kier molecular flexibility index (Phi) is 6.01. The molecule has 0 aromatic carbocycles. The molecule has 0 bridgehead atoms. The number of hydrogen-bond donors (Lipinski definition) is 1. The van der Waals surface area contributed by atoms with Crippen LogP contribution in [-0.2, 0) is 4.74 Å². The zero-order valence-electron chi connectivity index (χ0n) is 11.4. The van der Waals surface area contributed by atoms with Crippen LogP contribution in [0.3, 0.4) is 0 Å². The van der Waals surface area contributed by atoms with Gasteiger partial charge in [0.15, 0.2) is 0 Å². The predicted octanol–water partition coefficient (Wildman–Crippen LogP) is 2.08. The zero-order valence-corrected chi connectivity index (χ0v) is 11.4. The van der Waals surface area contributed by atoms with Gasteiger partial charge in [-0.05, 0) is 5.92 Å². The van der Waals surface area contributed by atoms with Crippen LogP contribution < -0.4 is 10.1 Å². The van der Waals surface area contributed by atoms with Crippen LogP contribution in [0.25, 0.3) is 0 Å². The molecule has 0 atom stereocenters. The van der Waals surface area contributed by atoms with Gasteiger partial charge < -0.3 is 14.8 Å². The van der Waals surface area contributed by atoms with Crippen LogP contribution in [0.5, 0.6) is 5.88 Å². The van der Waals surface area contributed by atoms with Crippen molar-refractivity contribution in [2.24, 2.45) is 5.92 Å². The Labute approximate surface area is 112 Å². The first-order chi connectivity index (χ1) is 9.02. The van der Waals surface area contributed by atoms with Crippen LogP contribution in [0, 0.1) is 16.0 Å². The molecule has 0 unspecified atom stereocenters. The van der Waals surface area contributed by atoms with Gasteiger partial charge in [-0.3, -0.25) is 10.1 Å². The van der Waals surface area contributed by atoms with E-state index in [0.717, 1.165) is 0 Å². The minimum Gasteiger partial charge on any atom is -0.475 e. The average molecular weight is 269 g/mol. The number of anilines is 1. The molecule has 0 saturated heterocycles. The van der Waals surface area contributed by atoms with Crippen LogP contribution in [0.1, 0.15) is 13.8 Å². The minimum absolute atomic E-state index is 0.0579. The van der Waals surface area contributed by atoms with E-state index < -0.39 is 4.92 Å². The molecule has 0 fully saturated rings. The van der Waals surface area contributed by atoms with E-state index >= 15 is 0 Å². The highest BCUT2D eigenvalue weighted by Gasteiger charge is 2.11. The number of nitro groups is 1. The van der Waals surface area contributed by atoms with Crippen molar-refractivity contribution in [3.8, 4) is 5.88 Å². The first-order valence-electron chi connectivity index (χ1n) is 6.07. The Bertz CT molecular complexity index is 423. The smallest absolute Gasteiger partial charge is 0.278 e. The highest BCUT2D eigenvalue weighted by Crippen LogP contribution is 2.21. The maximum absolute atomic E-state index is 10.7. The highest BCUT2D eigenvalue weighted by molar-refractivity contribution is 5.47. The third kappa shape index (κ3) is 5.52. The molecule has 1 N–H and O–H groups in total. The first kappa shape index (κ1) is 15.2. The van der Waals surface area contributed by atoms with E-state index in [4.69, 9.17) is 9.47 Å². The second kappa shape index (κ2) is 7.52. The number of nitrogens with zero attached hydrogens (tertiary/aromatic N) is 2. The molecule has 0 saturated carbocycles. The molecule has 7 heteroatoms. The second-order valence-corrected chi connectivity index (χ2v) is 4.37. The minimum atomic E-state index is -0.482. The van der Waals surface area contributed by atoms with Crippen molar-refractivity contribution in [2.75, 3.05) is 32.2 Å². The van der Waals surface area contributed by atoms with Crippen LogP contribution in [0.2, 0.25) is 0 Å². The average Bonchev–Trinajstić information content (AvgIpc) is 2.37. The lowest BCUT2D eigenvalue weighted by molar-refractivity contribution is -0.384. The Morgan fingerprint density at radius 2 is 2.16 bits per heavy atom. The summed E-state index contributed by atoms with van der Waals surface area (Å²) in [4.78, 5) is 14.3. The molecule has 0 radical (unpaired) electrons. The van der Waals surface area contributed by atoms with Gasteiger partial charge in [0.05, 0.1) is 23.7 Å². The van der Waals surface area contributed by atoms with E-state index in [1.54, 1.807) is 7.05 Å². The number of nitrogens with one attached hydrogen (secondary N) is 1. The monoisotopic (exact) mass is 269 g/mol. The zero-order chi connectivity index (χ0) is 14.3. The Morgan fingerprint density at radius 3 is 2.74 bits per heavy atom. The van der Waals surface area contributed by atoms with Gasteiger partial charge in [0.25, 0.3) is 5.69 Å². The normalized spacial score (nSPS) is 10.5. The van der Waals surface area contributed by atoms with Crippen molar-refractivity contribution in [2.45, 2.75) is 13.8 Å². The molecule has 0 amide bonds. The molecule has 106 valence electrons. The molecule has 7 nitrogen and oxygen atoms in total. The summed E-state index contributed by atoms with van der Waals surface area (Å²) in [5, 5.41) is 13.5. The van der Waals surface area contributed by atoms with E-state index in [1.807, 2.05) is 0 Å². The summed E-state index contributed by atoms with van der Waals surface area (Å²) in [7, 11) is 1.64. The number of ether oxygens (including phenoxy) is 2. The molecule has 19 heavy (non-hydrogen) atoms. The van der Waals surface area contributed by atoms with Gasteiger partial charge >= 0.3 is 0 Å². The molecular weight excluding hydrogens is 250 g/mol. The van der Waals surface area contributed by atoms with Crippen molar-refractivity contribution in [1.29, 1.82) is 0 Å². The number of hydrogen-bond acceptors (Lipinski definition) is 6. The fraction of sp³-hybridized carbons (Fsp3) is 0.583. The van der Waals surface area contributed by atoms with Crippen molar-refractivity contribution in [3.05, 3.63) is 22.2 Å². The Morgan fingerprint density at radius 1 is 1.42 bits per heavy atom. The molecule has 0 aliphatic heterocycles. The molecule has 1 heterocycles. The molecule has 0 spiro atoms. The summed E-state index contributed by atoms with van der Waals surface area (Å²) >= 11 is 0. The summed E-state index contributed by atoms with van der Waals surface area (Å²) in [6.45, 7) is 5.51. The standard InChI is InChI=1S/C12H19N3O4/c1-9(2)8-18-4-5-19-12-7-10(15(16)17)6-11(13-3)14-12/h6-7,9H,4-5,8H2,1-3H3,(H,13,14). The van der Waals surface area contributed by atoms with Gasteiger partial charge in [0, 0.05) is 13.7 Å². The molecule has 1 aromatic rings. The Hall–Kier alpha value is -1.89.